The fraction of sp³-hybridized carbons (Fsp3) is 0.176. The summed E-state index contributed by atoms with van der Waals surface area (Å²) in [5, 5.41) is 2.47. The Balaban J connectivity index is 2.14. The normalized spacial score (nSPS) is 11.6. The lowest BCUT2D eigenvalue weighted by Gasteiger charge is -2.16. The number of hydrogen-bond donors (Lipinski definition) is 2. The lowest BCUT2D eigenvalue weighted by Crippen LogP contribution is -2.46. The molecule has 0 bridgehead atoms. The Labute approximate surface area is 133 Å². The largest absolute Gasteiger partial charge is 0.497 e. The van der Waals surface area contributed by atoms with E-state index in [1.165, 1.54) is 25.3 Å². The molecule has 0 aliphatic heterocycles. The van der Waals surface area contributed by atoms with Crippen LogP contribution in [0.5, 0.6) is 5.75 Å². The second-order valence-corrected chi connectivity index (χ2v) is 4.96. The Kier molecular flexibility index (Phi) is 5.30. The molecule has 5 nitrogen and oxygen atoms in total. The predicted octanol–water partition coefficient (Wildman–Crippen LogP) is 1.66. The van der Waals surface area contributed by atoms with Gasteiger partial charge in [0.25, 0.3) is 5.91 Å². The second-order valence-electron chi connectivity index (χ2n) is 4.96. The Morgan fingerprint density at radius 3 is 2.61 bits per heavy atom. The highest BCUT2D eigenvalue weighted by atomic mass is 19.1. The minimum Gasteiger partial charge on any atom is -0.497 e. The molecule has 2 aromatic carbocycles. The lowest BCUT2D eigenvalue weighted by atomic mass is 10.0. The van der Waals surface area contributed by atoms with Crippen molar-refractivity contribution in [2.75, 3.05) is 7.11 Å². The van der Waals surface area contributed by atoms with Gasteiger partial charge >= 0.3 is 0 Å². The van der Waals surface area contributed by atoms with Crippen LogP contribution in [0.15, 0.2) is 48.5 Å². The molecule has 6 heteroatoms. The maximum atomic E-state index is 13.6. The molecule has 2 amide bonds. The van der Waals surface area contributed by atoms with Crippen molar-refractivity contribution in [2.24, 2.45) is 5.73 Å². The molecule has 0 radical (unpaired) electrons. The molecule has 2 aromatic rings. The van der Waals surface area contributed by atoms with Crippen molar-refractivity contribution in [3.63, 3.8) is 0 Å². The average molecular weight is 316 g/mol. The minimum atomic E-state index is -0.950. The Bertz CT molecular complexity index is 718. The smallest absolute Gasteiger partial charge is 0.254 e. The van der Waals surface area contributed by atoms with Gasteiger partial charge in [0.1, 0.15) is 17.6 Å². The molecule has 0 heterocycles. The molecule has 3 N–H and O–H groups in total. The van der Waals surface area contributed by atoms with Crippen molar-refractivity contribution in [3.8, 4) is 5.75 Å². The van der Waals surface area contributed by atoms with Crippen LogP contribution in [0.25, 0.3) is 0 Å². The summed E-state index contributed by atoms with van der Waals surface area (Å²) in [7, 11) is 1.53. The first-order chi connectivity index (χ1) is 11.0. The van der Waals surface area contributed by atoms with Crippen molar-refractivity contribution in [1.29, 1.82) is 0 Å². The second kappa shape index (κ2) is 7.40. The molecule has 1 atom stereocenters. The van der Waals surface area contributed by atoms with Crippen molar-refractivity contribution in [2.45, 2.75) is 12.5 Å². The number of hydrogen-bond acceptors (Lipinski definition) is 3. The van der Waals surface area contributed by atoms with E-state index in [0.717, 1.165) is 5.56 Å². The van der Waals surface area contributed by atoms with Gasteiger partial charge in [-0.2, -0.15) is 0 Å². The molecule has 0 saturated heterocycles. The van der Waals surface area contributed by atoms with E-state index in [0.29, 0.717) is 5.75 Å². The van der Waals surface area contributed by atoms with E-state index in [-0.39, 0.29) is 12.0 Å². The van der Waals surface area contributed by atoms with E-state index in [2.05, 4.69) is 5.32 Å². The topological polar surface area (TPSA) is 81.4 Å². The van der Waals surface area contributed by atoms with Crippen molar-refractivity contribution in [3.05, 3.63) is 65.5 Å². The van der Waals surface area contributed by atoms with E-state index >= 15 is 0 Å². The van der Waals surface area contributed by atoms with Crippen LogP contribution in [0.2, 0.25) is 0 Å². The molecular formula is C17H17FN2O3. The summed E-state index contributed by atoms with van der Waals surface area (Å²) < 4.78 is 18.7. The third-order valence-corrected chi connectivity index (χ3v) is 3.34. The predicted molar refractivity (Wildman–Crippen MR) is 83.5 cm³/mol. The van der Waals surface area contributed by atoms with Crippen LogP contribution in [-0.2, 0) is 11.2 Å². The number of nitrogens with one attached hydrogen (secondary N) is 1. The monoisotopic (exact) mass is 316 g/mol. The van der Waals surface area contributed by atoms with Crippen molar-refractivity contribution in [1.82, 2.24) is 5.32 Å². The van der Waals surface area contributed by atoms with Crippen LogP contribution in [0.3, 0.4) is 0 Å². The SMILES string of the molecule is COc1cccc(C[C@@H](NC(=O)c2ccccc2F)C(N)=O)c1. The first-order valence-electron chi connectivity index (χ1n) is 6.99. The quantitative estimate of drug-likeness (QED) is 0.850. The van der Waals surface area contributed by atoms with Gasteiger partial charge in [0.2, 0.25) is 5.91 Å². The molecule has 0 fully saturated rings. The zero-order valence-corrected chi connectivity index (χ0v) is 12.6. The number of nitrogens with two attached hydrogens (primary N) is 1. The van der Waals surface area contributed by atoms with Gasteiger partial charge in [-0.25, -0.2) is 4.39 Å². The molecule has 0 aliphatic carbocycles. The molecule has 0 spiro atoms. The summed E-state index contributed by atoms with van der Waals surface area (Å²) in [6.45, 7) is 0. The molecule has 23 heavy (non-hydrogen) atoms. The average Bonchev–Trinajstić information content (AvgIpc) is 2.54. The number of halogens is 1. The summed E-state index contributed by atoms with van der Waals surface area (Å²) in [4.78, 5) is 23.7. The molecule has 0 unspecified atom stereocenters. The minimum absolute atomic E-state index is 0.135. The van der Waals surface area contributed by atoms with E-state index in [1.807, 2.05) is 0 Å². The van der Waals surface area contributed by atoms with Gasteiger partial charge in [0, 0.05) is 6.42 Å². The Hall–Kier alpha value is -2.89. The standard InChI is InChI=1S/C17H17FN2O3/c1-23-12-6-4-5-11(9-12)10-15(16(19)21)20-17(22)13-7-2-3-8-14(13)18/h2-9,15H,10H2,1H3,(H2,19,21)(H,20,22)/t15-/m1/s1. The number of amides is 2. The van der Waals surface area contributed by atoms with Gasteiger partial charge in [-0.1, -0.05) is 24.3 Å². The summed E-state index contributed by atoms with van der Waals surface area (Å²) in [5.41, 5.74) is 5.97. The highest BCUT2D eigenvalue weighted by Crippen LogP contribution is 2.14. The van der Waals surface area contributed by atoms with Gasteiger partial charge in [-0.3, -0.25) is 9.59 Å². The zero-order chi connectivity index (χ0) is 16.8. The summed E-state index contributed by atoms with van der Waals surface area (Å²) in [6, 6.07) is 11.6. The Morgan fingerprint density at radius 2 is 1.96 bits per heavy atom. The summed E-state index contributed by atoms with van der Waals surface area (Å²) in [6.07, 6.45) is 0.187. The van der Waals surface area contributed by atoms with Crippen LogP contribution in [0, 0.1) is 5.82 Å². The first kappa shape index (κ1) is 16.5. The number of carbonyl (C=O) groups excluding carboxylic acids is 2. The van der Waals surface area contributed by atoms with Crippen molar-refractivity contribution >= 4 is 11.8 Å². The zero-order valence-electron chi connectivity index (χ0n) is 12.6. The van der Waals surface area contributed by atoms with E-state index in [9.17, 15) is 14.0 Å². The number of rotatable bonds is 6. The molecule has 0 aromatic heterocycles. The van der Waals surface area contributed by atoms with Gasteiger partial charge in [-0.05, 0) is 29.8 Å². The third kappa shape index (κ3) is 4.29. The Morgan fingerprint density at radius 1 is 1.22 bits per heavy atom. The van der Waals surface area contributed by atoms with Gasteiger partial charge < -0.3 is 15.8 Å². The van der Waals surface area contributed by atoms with E-state index in [4.69, 9.17) is 10.5 Å². The van der Waals surface area contributed by atoms with E-state index < -0.39 is 23.7 Å². The van der Waals surface area contributed by atoms with Crippen LogP contribution in [-0.4, -0.2) is 25.0 Å². The number of methoxy groups -OCH3 is 1. The highest BCUT2D eigenvalue weighted by Gasteiger charge is 2.21. The maximum absolute atomic E-state index is 13.6. The molecule has 2 rings (SSSR count). The molecular weight excluding hydrogens is 299 g/mol. The number of carbonyl (C=O) groups is 2. The van der Waals surface area contributed by atoms with Gasteiger partial charge in [0.05, 0.1) is 12.7 Å². The molecule has 0 aliphatic rings. The summed E-state index contributed by atoms with van der Waals surface area (Å²) in [5.74, 6) is -1.41. The lowest BCUT2D eigenvalue weighted by molar-refractivity contribution is -0.119. The number of primary amides is 1. The van der Waals surface area contributed by atoms with Gasteiger partial charge in [0.15, 0.2) is 0 Å². The maximum Gasteiger partial charge on any atom is 0.254 e. The third-order valence-electron chi connectivity index (χ3n) is 3.34. The molecule has 120 valence electrons. The molecule has 0 saturated carbocycles. The van der Waals surface area contributed by atoms with Crippen molar-refractivity contribution < 1.29 is 18.7 Å². The number of ether oxygens (including phenoxy) is 1. The van der Waals surface area contributed by atoms with Crippen LogP contribution >= 0.6 is 0 Å². The van der Waals surface area contributed by atoms with Crippen LogP contribution in [0.4, 0.5) is 4.39 Å². The first-order valence-corrected chi connectivity index (χ1v) is 6.99. The fourth-order valence-corrected chi connectivity index (χ4v) is 2.14. The fourth-order valence-electron chi connectivity index (χ4n) is 2.14. The van der Waals surface area contributed by atoms with Crippen LogP contribution < -0.4 is 15.8 Å². The van der Waals surface area contributed by atoms with Crippen LogP contribution in [0.1, 0.15) is 15.9 Å². The van der Waals surface area contributed by atoms with E-state index in [1.54, 1.807) is 30.3 Å². The number of benzene rings is 2. The highest BCUT2D eigenvalue weighted by molar-refractivity contribution is 5.97. The van der Waals surface area contributed by atoms with Gasteiger partial charge in [-0.15, -0.1) is 0 Å². The summed E-state index contributed by atoms with van der Waals surface area (Å²) >= 11 is 0.